The van der Waals surface area contributed by atoms with Gasteiger partial charge in [0.05, 0.1) is 5.52 Å². The molecule has 5 heteroatoms. The monoisotopic (exact) mass is 270 g/mol. The lowest BCUT2D eigenvalue weighted by atomic mass is 9.92. The standard InChI is InChI=1S/C15H18N4O/c1-19(10-5-4-6-10)14-9-12(15(16)18-20)11-7-2-3-8-13(11)17-14/h2-3,7-10,20H,4-6H2,1H3,(H2,16,18). The van der Waals surface area contributed by atoms with Gasteiger partial charge in [-0.3, -0.25) is 0 Å². The molecule has 1 aromatic heterocycles. The van der Waals surface area contributed by atoms with E-state index in [1.807, 2.05) is 30.3 Å². The smallest absolute Gasteiger partial charge is 0.170 e. The van der Waals surface area contributed by atoms with Gasteiger partial charge in [-0.05, 0) is 31.4 Å². The van der Waals surface area contributed by atoms with Crippen LogP contribution in [-0.4, -0.2) is 29.1 Å². The highest BCUT2D eigenvalue weighted by Crippen LogP contribution is 2.29. The minimum Gasteiger partial charge on any atom is -0.409 e. The average molecular weight is 270 g/mol. The van der Waals surface area contributed by atoms with Crippen molar-refractivity contribution >= 4 is 22.6 Å². The summed E-state index contributed by atoms with van der Waals surface area (Å²) < 4.78 is 0. The molecule has 0 saturated heterocycles. The van der Waals surface area contributed by atoms with E-state index in [4.69, 9.17) is 10.9 Å². The first kappa shape index (κ1) is 12.7. The molecule has 20 heavy (non-hydrogen) atoms. The summed E-state index contributed by atoms with van der Waals surface area (Å²) in [5.74, 6) is 0.988. The molecule has 1 aromatic carbocycles. The molecule has 0 unspecified atom stereocenters. The first-order chi connectivity index (χ1) is 9.70. The fraction of sp³-hybridized carbons (Fsp3) is 0.333. The van der Waals surface area contributed by atoms with Crippen molar-refractivity contribution in [3.05, 3.63) is 35.9 Å². The van der Waals surface area contributed by atoms with Gasteiger partial charge in [0.15, 0.2) is 5.84 Å². The van der Waals surface area contributed by atoms with Gasteiger partial charge >= 0.3 is 0 Å². The molecule has 1 aliphatic carbocycles. The lowest BCUT2D eigenvalue weighted by Crippen LogP contribution is -2.37. The number of nitrogens with two attached hydrogens (primary N) is 1. The molecule has 1 fully saturated rings. The molecule has 0 atom stereocenters. The second-order valence-corrected chi connectivity index (χ2v) is 5.23. The zero-order chi connectivity index (χ0) is 14.1. The van der Waals surface area contributed by atoms with Gasteiger partial charge in [-0.25, -0.2) is 4.98 Å². The Labute approximate surface area is 117 Å². The van der Waals surface area contributed by atoms with E-state index in [1.54, 1.807) is 0 Å². The van der Waals surface area contributed by atoms with Crippen LogP contribution in [0.2, 0.25) is 0 Å². The quantitative estimate of drug-likeness (QED) is 0.388. The number of hydrogen-bond acceptors (Lipinski definition) is 4. The van der Waals surface area contributed by atoms with Crippen molar-refractivity contribution in [2.45, 2.75) is 25.3 Å². The summed E-state index contributed by atoms with van der Waals surface area (Å²) in [4.78, 5) is 6.87. The van der Waals surface area contributed by atoms with Crippen molar-refractivity contribution in [3.8, 4) is 0 Å². The summed E-state index contributed by atoms with van der Waals surface area (Å²) in [6.45, 7) is 0. The summed E-state index contributed by atoms with van der Waals surface area (Å²) in [6.07, 6.45) is 3.67. The van der Waals surface area contributed by atoms with Crippen molar-refractivity contribution in [1.29, 1.82) is 0 Å². The van der Waals surface area contributed by atoms with Crippen LogP contribution in [0.25, 0.3) is 10.9 Å². The van der Waals surface area contributed by atoms with E-state index < -0.39 is 0 Å². The predicted molar refractivity (Wildman–Crippen MR) is 80.3 cm³/mol. The highest BCUT2D eigenvalue weighted by atomic mass is 16.4. The van der Waals surface area contributed by atoms with Gasteiger partial charge in [0.25, 0.3) is 0 Å². The van der Waals surface area contributed by atoms with Crippen LogP contribution in [0.5, 0.6) is 0 Å². The van der Waals surface area contributed by atoms with E-state index >= 15 is 0 Å². The molecule has 1 saturated carbocycles. The Bertz CT molecular complexity index is 664. The number of fused-ring (bicyclic) bond motifs is 1. The van der Waals surface area contributed by atoms with Crippen LogP contribution in [0.15, 0.2) is 35.5 Å². The molecule has 0 radical (unpaired) electrons. The van der Waals surface area contributed by atoms with E-state index in [9.17, 15) is 0 Å². The number of benzene rings is 1. The van der Waals surface area contributed by atoms with Crippen LogP contribution in [0.1, 0.15) is 24.8 Å². The maximum absolute atomic E-state index is 8.97. The molecule has 0 amide bonds. The van der Waals surface area contributed by atoms with Gasteiger partial charge in [-0.15, -0.1) is 0 Å². The van der Waals surface area contributed by atoms with E-state index in [1.165, 1.54) is 19.3 Å². The predicted octanol–water partition coefficient (Wildman–Crippen LogP) is 2.32. The number of para-hydroxylation sites is 1. The maximum Gasteiger partial charge on any atom is 0.170 e. The van der Waals surface area contributed by atoms with Crippen LogP contribution in [0.4, 0.5) is 5.82 Å². The van der Waals surface area contributed by atoms with Gasteiger partial charge < -0.3 is 15.8 Å². The molecule has 0 bridgehead atoms. The van der Waals surface area contributed by atoms with E-state index in [0.29, 0.717) is 6.04 Å². The molecule has 3 N–H and O–H groups in total. The van der Waals surface area contributed by atoms with E-state index in [-0.39, 0.29) is 5.84 Å². The molecule has 1 heterocycles. The van der Waals surface area contributed by atoms with Crippen LogP contribution in [0.3, 0.4) is 0 Å². The third-order valence-electron chi connectivity index (χ3n) is 4.07. The number of anilines is 1. The van der Waals surface area contributed by atoms with Crippen molar-refractivity contribution in [2.24, 2.45) is 10.9 Å². The van der Waals surface area contributed by atoms with Gasteiger partial charge in [-0.2, -0.15) is 0 Å². The maximum atomic E-state index is 8.97. The molecule has 104 valence electrons. The van der Waals surface area contributed by atoms with Crippen LogP contribution < -0.4 is 10.6 Å². The second-order valence-electron chi connectivity index (χ2n) is 5.23. The summed E-state index contributed by atoms with van der Waals surface area (Å²) in [6, 6.07) is 10.2. The Morgan fingerprint density at radius 2 is 2.15 bits per heavy atom. The van der Waals surface area contributed by atoms with Gasteiger partial charge in [0.1, 0.15) is 5.82 Å². The zero-order valence-corrected chi connectivity index (χ0v) is 11.5. The Kier molecular flexibility index (Phi) is 3.18. The minimum atomic E-state index is 0.117. The van der Waals surface area contributed by atoms with Gasteiger partial charge in [-0.1, -0.05) is 23.4 Å². The fourth-order valence-corrected chi connectivity index (χ4v) is 2.57. The summed E-state index contributed by atoms with van der Waals surface area (Å²) in [5.41, 5.74) is 7.39. The highest BCUT2D eigenvalue weighted by Gasteiger charge is 2.24. The zero-order valence-electron chi connectivity index (χ0n) is 11.5. The van der Waals surface area contributed by atoms with Gasteiger partial charge in [0.2, 0.25) is 0 Å². The van der Waals surface area contributed by atoms with Crippen LogP contribution in [0, 0.1) is 0 Å². The Hall–Kier alpha value is -2.30. The lowest BCUT2D eigenvalue weighted by Gasteiger charge is -2.35. The molecular formula is C15H18N4O. The van der Waals surface area contributed by atoms with E-state index in [0.717, 1.165) is 22.3 Å². The lowest BCUT2D eigenvalue weighted by molar-refractivity contribution is 0.318. The summed E-state index contributed by atoms with van der Waals surface area (Å²) >= 11 is 0. The molecular weight excluding hydrogens is 252 g/mol. The SMILES string of the molecule is CN(c1cc(/C(N)=N/O)c2ccccc2n1)C1CCC1. The van der Waals surface area contributed by atoms with Crippen molar-refractivity contribution in [3.63, 3.8) is 0 Å². The summed E-state index contributed by atoms with van der Waals surface area (Å²) in [7, 11) is 2.05. The van der Waals surface area contributed by atoms with Crippen molar-refractivity contribution in [1.82, 2.24) is 4.98 Å². The van der Waals surface area contributed by atoms with Crippen LogP contribution >= 0.6 is 0 Å². The molecule has 2 aromatic rings. The normalized spacial score (nSPS) is 16.1. The highest BCUT2D eigenvalue weighted by molar-refractivity contribution is 6.08. The molecule has 5 nitrogen and oxygen atoms in total. The average Bonchev–Trinajstić information content (AvgIpc) is 2.43. The van der Waals surface area contributed by atoms with Crippen molar-refractivity contribution < 1.29 is 5.21 Å². The number of nitrogens with zero attached hydrogens (tertiary/aromatic N) is 3. The van der Waals surface area contributed by atoms with E-state index in [2.05, 4.69) is 22.1 Å². The number of rotatable bonds is 3. The molecule has 1 aliphatic rings. The number of hydrogen-bond donors (Lipinski definition) is 2. The van der Waals surface area contributed by atoms with Crippen molar-refractivity contribution in [2.75, 3.05) is 11.9 Å². The van der Waals surface area contributed by atoms with Gasteiger partial charge in [0, 0.05) is 24.0 Å². The Morgan fingerprint density at radius 1 is 1.40 bits per heavy atom. The number of aromatic nitrogens is 1. The Morgan fingerprint density at radius 3 is 2.80 bits per heavy atom. The number of amidine groups is 1. The summed E-state index contributed by atoms with van der Waals surface area (Å²) in [5, 5.41) is 13.0. The molecule has 0 aliphatic heterocycles. The Balaban J connectivity index is 2.14. The minimum absolute atomic E-state index is 0.117. The van der Waals surface area contributed by atoms with Crippen LogP contribution in [-0.2, 0) is 0 Å². The topological polar surface area (TPSA) is 74.7 Å². The fourth-order valence-electron chi connectivity index (χ4n) is 2.57. The largest absolute Gasteiger partial charge is 0.409 e. The third kappa shape index (κ3) is 2.05. The third-order valence-corrected chi connectivity index (χ3v) is 4.07. The first-order valence-corrected chi connectivity index (χ1v) is 6.81. The second kappa shape index (κ2) is 5.00. The first-order valence-electron chi connectivity index (χ1n) is 6.81. The number of oxime groups is 1. The number of pyridine rings is 1. The molecule has 0 spiro atoms. The molecule has 3 rings (SSSR count).